The molecule has 1 saturated heterocycles. The lowest BCUT2D eigenvalue weighted by Gasteiger charge is -2.40. The van der Waals surface area contributed by atoms with Crippen molar-refractivity contribution in [2.45, 2.75) is 57.2 Å². The molecule has 1 saturated carbocycles. The smallest absolute Gasteiger partial charge is 0.237 e. The summed E-state index contributed by atoms with van der Waals surface area (Å²) < 4.78 is 0. The molecule has 22 heavy (non-hydrogen) atoms. The molecule has 118 valence electrons. The Kier molecular flexibility index (Phi) is 4.43. The van der Waals surface area contributed by atoms with Crippen molar-refractivity contribution in [3.8, 4) is 0 Å². The lowest BCUT2D eigenvalue weighted by molar-refractivity contribution is -0.129. The van der Waals surface area contributed by atoms with Crippen LogP contribution in [-0.4, -0.2) is 29.9 Å². The summed E-state index contributed by atoms with van der Waals surface area (Å²) in [5.41, 5.74) is 1.82. The van der Waals surface area contributed by atoms with Crippen molar-refractivity contribution >= 4 is 17.5 Å². The zero-order chi connectivity index (χ0) is 15.5. The van der Waals surface area contributed by atoms with Crippen molar-refractivity contribution < 1.29 is 9.59 Å². The van der Waals surface area contributed by atoms with E-state index in [1.807, 2.05) is 31.2 Å². The minimum Gasteiger partial charge on any atom is -0.350 e. The minimum atomic E-state index is -0.427. The van der Waals surface area contributed by atoms with Crippen LogP contribution in [0, 0.1) is 6.92 Å². The maximum atomic E-state index is 12.2. The fourth-order valence-corrected chi connectivity index (χ4v) is 3.37. The highest BCUT2D eigenvalue weighted by molar-refractivity contribution is 5.96. The van der Waals surface area contributed by atoms with E-state index in [1.54, 1.807) is 0 Å². The molecule has 2 fully saturated rings. The first kappa shape index (κ1) is 15.0. The van der Waals surface area contributed by atoms with E-state index in [4.69, 9.17) is 0 Å². The summed E-state index contributed by atoms with van der Waals surface area (Å²) >= 11 is 0. The molecule has 2 aliphatic rings. The number of nitrogens with one attached hydrogen (secondary N) is 3. The van der Waals surface area contributed by atoms with Gasteiger partial charge in [-0.2, -0.15) is 0 Å². The molecular formula is C17H23N3O2. The van der Waals surface area contributed by atoms with Crippen LogP contribution in [0.5, 0.6) is 0 Å². The number of piperazine rings is 1. The molecule has 1 aromatic carbocycles. The maximum absolute atomic E-state index is 12.2. The summed E-state index contributed by atoms with van der Waals surface area (Å²) in [6.07, 6.45) is 4.63. The molecule has 1 heterocycles. The fraction of sp³-hybridized carbons (Fsp3) is 0.529. The Morgan fingerprint density at radius 1 is 1.23 bits per heavy atom. The SMILES string of the molecule is Cc1ccccc1NC(=O)C[C@@H]1N[C@@H]2CCCC[C@@H]2NC1=O. The van der Waals surface area contributed by atoms with Gasteiger partial charge >= 0.3 is 0 Å². The van der Waals surface area contributed by atoms with Crippen LogP contribution in [-0.2, 0) is 9.59 Å². The number of hydrogen-bond acceptors (Lipinski definition) is 3. The van der Waals surface area contributed by atoms with E-state index < -0.39 is 6.04 Å². The van der Waals surface area contributed by atoms with Gasteiger partial charge in [-0.25, -0.2) is 0 Å². The van der Waals surface area contributed by atoms with Gasteiger partial charge in [0.25, 0.3) is 0 Å². The van der Waals surface area contributed by atoms with Crippen molar-refractivity contribution in [1.29, 1.82) is 0 Å². The first-order chi connectivity index (χ1) is 10.6. The molecular weight excluding hydrogens is 278 g/mol. The second-order valence-electron chi connectivity index (χ2n) is 6.29. The number of fused-ring (bicyclic) bond motifs is 1. The van der Waals surface area contributed by atoms with Crippen LogP contribution in [0.3, 0.4) is 0 Å². The van der Waals surface area contributed by atoms with Crippen molar-refractivity contribution in [2.24, 2.45) is 0 Å². The molecule has 5 heteroatoms. The van der Waals surface area contributed by atoms with Crippen LogP contribution in [0.15, 0.2) is 24.3 Å². The topological polar surface area (TPSA) is 70.2 Å². The lowest BCUT2D eigenvalue weighted by Crippen LogP contribution is -2.65. The number of hydrogen-bond donors (Lipinski definition) is 3. The van der Waals surface area contributed by atoms with E-state index in [-0.39, 0.29) is 24.3 Å². The number of carbonyl (C=O) groups is 2. The van der Waals surface area contributed by atoms with Gasteiger partial charge in [0, 0.05) is 17.8 Å². The predicted octanol–water partition coefficient (Wildman–Crippen LogP) is 1.72. The fourth-order valence-electron chi connectivity index (χ4n) is 3.37. The van der Waals surface area contributed by atoms with Gasteiger partial charge in [0.15, 0.2) is 0 Å². The summed E-state index contributed by atoms with van der Waals surface area (Å²) in [5.74, 6) is -0.181. The molecule has 0 spiro atoms. The zero-order valence-electron chi connectivity index (χ0n) is 12.9. The molecule has 1 aromatic rings. The number of anilines is 1. The van der Waals surface area contributed by atoms with Gasteiger partial charge in [-0.3, -0.25) is 9.59 Å². The van der Waals surface area contributed by atoms with E-state index >= 15 is 0 Å². The molecule has 3 N–H and O–H groups in total. The zero-order valence-corrected chi connectivity index (χ0v) is 12.9. The number of rotatable bonds is 3. The van der Waals surface area contributed by atoms with Crippen molar-refractivity contribution in [2.75, 3.05) is 5.32 Å². The molecule has 3 atom stereocenters. The molecule has 0 unspecified atom stereocenters. The molecule has 0 bridgehead atoms. The second kappa shape index (κ2) is 6.48. The molecule has 5 nitrogen and oxygen atoms in total. The Bertz CT molecular complexity index is 573. The van der Waals surface area contributed by atoms with E-state index in [1.165, 1.54) is 12.8 Å². The van der Waals surface area contributed by atoms with Gasteiger partial charge in [0.2, 0.25) is 11.8 Å². The molecule has 0 aromatic heterocycles. The Morgan fingerprint density at radius 2 is 1.95 bits per heavy atom. The van der Waals surface area contributed by atoms with E-state index in [2.05, 4.69) is 16.0 Å². The Hall–Kier alpha value is -1.88. The van der Waals surface area contributed by atoms with Gasteiger partial charge < -0.3 is 16.0 Å². The summed E-state index contributed by atoms with van der Waals surface area (Å²) in [7, 11) is 0. The van der Waals surface area contributed by atoms with Gasteiger partial charge in [-0.15, -0.1) is 0 Å². The average molecular weight is 301 g/mol. The average Bonchev–Trinajstić information content (AvgIpc) is 2.50. The first-order valence-electron chi connectivity index (χ1n) is 8.05. The maximum Gasteiger partial charge on any atom is 0.237 e. The quantitative estimate of drug-likeness (QED) is 0.796. The van der Waals surface area contributed by atoms with Crippen LogP contribution in [0.4, 0.5) is 5.69 Å². The van der Waals surface area contributed by atoms with Crippen LogP contribution in [0.25, 0.3) is 0 Å². The highest BCUT2D eigenvalue weighted by atomic mass is 16.2. The summed E-state index contributed by atoms with van der Waals surface area (Å²) in [6, 6.07) is 7.76. The summed E-state index contributed by atoms with van der Waals surface area (Å²) in [4.78, 5) is 24.4. The minimum absolute atomic E-state index is 0.0527. The third-order valence-electron chi connectivity index (χ3n) is 4.63. The number of carbonyl (C=O) groups excluding carboxylic acids is 2. The molecule has 3 rings (SSSR count). The van der Waals surface area contributed by atoms with E-state index in [9.17, 15) is 9.59 Å². The highest BCUT2D eigenvalue weighted by Gasteiger charge is 2.36. The Balaban J connectivity index is 1.59. The number of amides is 2. The van der Waals surface area contributed by atoms with Crippen LogP contribution in [0.1, 0.15) is 37.7 Å². The largest absolute Gasteiger partial charge is 0.350 e. The second-order valence-corrected chi connectivity index (χ2v) is 6.29. The van der Waals surface area contributed by atoms with Crippen molar-refractivity contribution in [3.05, 3.63) is 29.8 Å². The monoisotopic (exact) mass is 301 g/mol. The molecule has 1 aliphatic heterocycles. The van der Waals surface area contributed by atoms with Gasteiger partial charge in [-0.1, -0.05) is 31.0 Å². The number of aryl methyl sites for hydroxylation is 1. The summed E-state index contributed by atoms with van der Waals surface area (Å²) in [6.45, 7) is 1.95. The van der Waals surface area contributed by atoms with Gasteiger partial charge in [0.1, 0.15) is 0 Å². The summed E-state index contributed by atoms with van der Waals surface area (Å²) in [5, 5.41) is 9.32. The molecule has 1 aliphatic carbocycles. The van der Waals surface area contributed by atoms with Crippen molar-refractivity contribution in [3.63, 3.8) is 0 Å². The molecule has 0 radical (unpaired) electrons. The predicted molar refractivity (Wildman–Crippen MR) is 85.5 cm³/mol. The Labute approximate surface area is 130 Å². The standard InChI is InChI=1S/C17H23N3O2/c1-11-6-2-3-7-12(11)19-16(21)10-15-17(22)20-14-9-5-4-8-13(14)18-15/h2-3,6-7,13-15,18H,4-5,8-10H2,1H3,(H,19,21)(H,20,22)/t13-,14+,15+/m1/s1. The highest BCUT2D eigenvalue weighted by Crippen LogP contribution is 2.22. The van der Waals surface area contributed by atoms with Gasteiger partial charge in [0.05, 0.1) is 12.5 Å². The lowest BCUT2D eigenvalue weighted by atomic mass is 9.87. The normalized spacial score (nSPS) is 27.7. The molecule has 2 amide bonds. The Morgan fingerprint density at radius 3 is 2.73 bits per heavy atom. The third kappa shape index (κ3) is 3.30. The number of para-hydroxylation sites is 1. The van der Waals surface area contributed by atoms with Gasteiger partial charge in [-0.05, 0) is 31.4 Å². The van der Waals surface area contributed by atoms with E-state index in [0.29, 0.717) is 6.04 Å². The van der Waals surface area contributed by atoms with Crippen LogP contribution in [0.2, 0.25) is 0 Å². The van der Waals surface area contributed by atoms with Crippen molar-refractivity contribution in [1.82, 2.24) is 10.6 Å². The first-order valence-corrected chi connectivity index (χ1v) is 8.05. The number of benzene rings is 1. The van der Waals surface area contributed by atoms with Crippen LogP contribution < -0.4 is 16.0 Å². The third-order valence-corrected chi connectivity index (χ3v) is 4.63. The van der Waals surface area contributed by atoms with E-state index in [0.717, 1.165) is 24.1 Å². The van der Waals surface area contributed by atoms with Crippen LogP contribution >= 0.6 is 0 Å².